The van der Waals surface area contributed by atoms with E-state index in [1.165, 1.54) is 12.4 Å². The van der Waals surface area contributed by atoms with Crippen LogP contribution in [0.25, 0.3) is 0 Å². The molecule has 0 bridgehead atoms. The summed E-state index contributed by atoms with van der Waals surface area (Å²) in [7, 11) is 0. The van der Waals surface area contributed by atoms with Crippen molar-refractivity contribution in [2.45, 2.75) is 12.8 Å². The number of hydrogen-bond donors (Lipinski definition) is 0. The van der Waals surface area contributed by atoms with E-state index in [1.54, 1.807) is 24.5 Å². The first kappa shape index (κ1) is 17.4. The van der Waals surface area contributed by atoms with Gasteiger partial charge in [-0.15, -0.1) is 12.4 Å². The summed E-state index contributed by atoms with van der Waals surface area (Å²) in [5, 5.41) is 27.0. The lowest BCUT2D eigenvalue weighted by atomic mass is 10.2. The van der Waals surface area contributed by atoms with E-state index in [9.17, 15) is 5.21 Å². The minimum absolute atomic E-state index is 0. The molecule has 0 atom stereocenters. The standard InChI is InChI=1S/C7H6N2O.C7H6N2.ClH/c8-4-1-7-2-5-9(10)6-3-7;8-4-1-7-2-5-9-6-3-7;/h2-3,5-6H,1H2;2-3,5-6H,1H2;1H. The average molecular weight is 289 g/mol. The number of hydrogen-bond acceptors (Lipinski definition) is 4. The van der Waals surface area contributed by atoms with E-state index in [1.807, 2.05) is 18.2 Å². The van der Waals surface area contributed by atoms with Crippen molar-refractivity contribution in [2.24, 2.45) is 0 Å². The first-order chi connectivity index (χ1) is 9.26. The molecule has 0 saturated carbocycles. The Bertz CT molecular complexity index is 573. The third-order valence-electron chi connectivity index (χ3n) is 2.19. The van der Waals surface area contributed by atoms with Crippen LogP contribution in [0.15, 0.2) is 49.1 Å². The Balaban J connectivity index is 0.000000345. The van der Waals surface area contributed by atoms with Gasteiger partial charge in [-0.25, -0.2) is 0 Å². The van der Waals surface area contributed by atoms with Crippen molar-refractivity contribution in [3.8, 4) is 12.1 Å². The van der Waals surface area contributed by atoms with Gasteiger partial charge in [0.2, 0.25) is 0 Å². The van der Waals surface area contributed by atoms with Gasteiger partial charge in [0.15, 0.2) is 12.4 Å². The molecule has 0 unspecified atom stereocenters. The van der Waals surface area contributed by atoms with Crippen LogP contribution in [0.3, 0.4) is 0 Å². The number of halogens is 1. The number of rotatable bonds is 2. The van der Waals surface area contributed by atoms with Crippen LogP contribution >= 0.6 is 12.4 Å². The van der Waals surface area contributed by atoms with Gasteiger partial charge in [-0.2, -0.15) is 15.3 Å². The van der Waals surface area contributed by atoms with Crippen LogP contribution in [0.1, 0.15) is 11.1 Å². The summed E-state index contributed by atoms with van der Waals surface area (Å²) in [5.41, 5.74) is 1.89. The largest absolute Gasteiger partial charge is 0.619 e. The normalized spacial score (nSPS) is 8.10. The first-order valence-corrected chi connectivity index (χ1v) is 5.56. The van der Waals surface area contributed by atoms with Crippen molar-refractivity contribution in [1.29, 1.82) is 10.5 Å². The quantitative estimate of drug-likeness (QED) is 0.624. The molecule has 0 fully saturated rings. The maximum Gasteiger partial charge on any atom is 0.180 e. The summed E-state index contributed by atoms with van der Waals surface area (Å²) in [4.78, 5) is 3.82. The SMILES string of the molecule is Cl.N#CCc1cc[n+]([O-])cc1.N#CCc1ccncc1. The fraction of sp³-hybridized carbons (Fsp3) is 0.143. The summed E-state index contributed by atoms with van der Waals surface area (Å²) in [5.74, 6) is 0. The lowest BCUT2D eigenvalue weighted by molar-refractivity contribution is -0.605. The highest BCUT2D eigenvalue weighted by molar-refractivity contribution is 5.85. The molecule has 0 aliphatic rings. The number of nitriles is 2. The van der Waals surface area contributed by atoms with Crippen LogP contribution in [-0.4, -0.2) is 4.98 Å². The van der Waals surface area contributed by atoms with Gasteiger partial charge in [0.05, 0.1) is 25.0 Å². The zero-order valence-electron chi connectivity index (χ0n) is 10.6. The number of nitrogens with zero attached hydrogens (tertiary/aromatic N) is 4. The minimum Gasteiger partial charge on any atom is -0.619 e. The van der Waals surface area contributed by atoms with E-state index < -0.39 is 0 Å². The monoisotopic (exact) mass is 288 g/mol. The maximum atomic E-state index is 10.5. The van der Waals surface area contributed by atoms with Crippen LogP contribution in [0, 0.1) is 27.9 Å². The van der Waals surface area contributed by atoms with Gasteiger partial charge >= 0.3 is 0 Å². The molecule has 2 heterocycles. The molecule has 2 aromatic heterocycles. The third-order valence-corrected chi connectivity index (χ3v) is 2.19. The van der Waals surface area contributed by atoms with Gasteiger partial charge in [0, 0.05) is 24.5 Å². The Morgan fingerprint density at radius 1 is 0.950 bits per heavy atom. The molecule has 0 saturated heterocycles. The summed E-state index contributed by atoms with van der Waals surface area (Å²) in [6.45, 7) is 0. The zero-order chi connectivity index (χ0) is 13.9. The van der Waals surface area contributed by atoms with E-state index >= 15 is 0 Å². The fourth-order valence-corrected chi connectivity index (χ4v) is 1.24. The van der Waals surface area contributed by atoms with E-state index in [2.05, 4.69) is 11.1 Å². The van der Waals surface area contributed by atoms with Crippen molar-refractivity contribution in [3.63, 3.8) is 0 Å². The maximum absolute atomic E-state index is 10.5. The molecule has 0 amide bonds. The molecule has 0 aliphatic heterocycles. The van der Waals surface area contributed by atoms with E-state index in [0.29, 0.717) is 17.6 Å². The summed E-state index contributed by atoms with van der Waals surface area (Å²) >= 11 is 0. The highest BCUT2D eigenvalue weighted by Crippen LogP contribution is 1.95. The highest BCUT2D eigenvalue weighted by Gasteiger charge is 1.91. The van der Waals surface area contributed by atoms with E-state index in [0.717, 1.165) is 11.1 Å². The van der Waals surface area contributed by atoms with Crippen molar-refractivity contribution in [3.05, 3.63) is 65.4 Å². The summed E-state index contributed by atoms with van der Waals surface area (Å²) in [6, 6.07) is 11.0. The molecule has 0 aliphatic carbocycles. The van der Waals surface area contributed by atoms with Gasteiger partial charge in [-0.3, -0.25) is 4.98 Å². The molecule has 6 heteroatoms. The summed E-state index contributed by atoms with van der Waals surface area (Å²) in [6.07, 6.45) is 6.97. The molecular weight excluding hydrogens is 276 g/mol. The predicted molar refractivity (Wildman–Crippen MR) is 75.5 cm³/mol. The Hall–Kier alpha value is -2.63. The lowest BCUT2D eigenvalue weighted by Crippen LogP contribution is -2.23. The van der Waals surface area contributed by atoms with Crippen molar-refractivity contribution < 1.29 is 4.73 Å². The first-order valence-electron chi connectivity index (χ1n) is 5.56. The average Bonchev–Trinajstić information content (AvgIpc) is 2.44. The third kappa shape index (κ3) is 6.95. The zero-order valence-corrected chi connectivity index (χ0v) is 11.5. The molecule has 0 N–H and O–H groups in total. The molecule has 20 heavy (non-hydrogen) atoms. The van der Waals surface area contributed by atoms with Crippen molar-refractivity contribution >= 4 is 12.4 Å². The molecular formula is C14H13ClN4O. The Labute approximate surface area is 123 Å². The van der Waals surface area contributed by atoms with Gasteiger partial charge in [0.25, 0.3) is 0 Å². The molecule has 5 nitrogen and oxygen atoms in total. The lowest BCUT2D eigenvalue weighted by Gasteiger charge is -1.94. The summed E-state index contributed by atoms with van der Waals surface area (Å²) < 4.78 is 0.695. The minimum atomic E-state index is 0. The second-order valence-corrected chi connectivity index (χ2v) is 3.59. The number of aromatic nitrogens is 2. The van der Waals surface area contributed by atoms with Crippen LogP contribution in [0.4, 0.5) is 0 Å². The molecule has 0 aromatic carbocycles. The topological polar surface area (TPSA) is 87.4 Å². The van der Waals surface area contributed by atoms with Gasteiger partial charge < -0.3 is 5.21 Å². The van der Waals surface area contributed by atoms with Gasteiger partial charge in [0.1, 0.15) is 0 Å². The molecule has 0 spiro atoms. The molecule has 2 rings (SSSR count). The predicted octanol–water partition coefficient (Wildman–Crippen LogP) is 1.96. The Morgan fingerprint density at radius 2 is 1.40 bits per heavy atom. The van der Waals surface area contributed by atoms with E-state index in [-0.39, 0.29) is 12.4 Å². The van der Waals surface area contributed by atoms with Gasteiger partial charge in [-0.05, 0) is 23.3 Å². The highest BCUT2D eigenvalue weighted by atomic mass is 35.5. The second kappa shape index (κ2) is 10.3. The van der Waals surface area contributed by atoms with Gasteiger partial charge in [-0.1, -0.05) is 0 Å². The molecule has 2 aromatic rings. The van der Waals surface area contributed by atoms with Crippen molar-refractivity contribution in [2.75, 3.05) is 0 Å². The van der Waals surface area contributed by atoms with Crippen LogP contribution in [-0.2, 0) is 12.8 Å². The van der Waals surface area contributed by atoms with Crippen molar-refractivity contribution in [1.82, 2.24) is 4.98 Å². The van der Waals surface area contributed by atoms with Crippen LogP contribution < -0.4 is 4.73 Å². The van der Waals surface area contributed by atoms with E-state index in [4.69, 9.17) is 10.5 Å². The smallest absolute Gasteiger partial charge is 0.180 e. The fourth-order valence-electron chi connectivity index (χ4n) is 1.24. The second-order valence-electron chi connectivity index (χ2n) is 3.59. The Kier molecular flexibility index (Phi) is 8.95. The number of pyridine rings is 2. The van der Waals surface area contributed by atoms with Crippen LogP contribution in [0.5, 0.6) is 0 Å². The molecule has 102 valence electrons. The molecule has 0 radical (unpaired) electrons. The van der Waals surface area contributed by atoms with Crippen LogP contribution in [0.2, 0.25) is 0 Å². The Morgan fingerprint density at radius 3 is 1.85 bits per heavy atom.